The lowest BCUT2D eigenvalue weighted by atomic mass is 10.0. The molecule has 0 radical (unpaired) electrons. The van der Waals surface area contributed by atoms with Gasteiger partial charge in [-0.15, -0.1) is 0 Å². The topological polar surface area (TPSA) is 51.7 Å². The number of benzene rings is 2. The van der Waals surface area contributed by atoms with Gasteiger partial charge in [-0.1, -0.05) is 12.1 Å². The zero-order chi connectivity index (χ0) is 26.2. The first-order valence-corrected chi connectivity index (χ1v) is 13.6. The van der Waals surface area contributed by atoms with Crippen LogP contribution in [-0.4, -0.2) is 59.6 Å². The molecule has 1 amide bonds. The Morgan fingerprint density at radius 3 is 2.55 bits per heavy atom. The molecule has 4 heterocycles. The number of aromatic nitrogens is 1. The second kappa shape index (κ2) is 10.3. The predicted molar refractivity (Wildman–Crippen MR) is 145 cm³/mol. The summed E-state index contributed by atoms with van der Waals surface area (Å²) < 4.78 is 28.5. The van der Waals surface area contributed by atoms with Crippen LogP contribution in [0.1, 0.15) is 54.6 Å². The molecule has 2 saturated heterocycles. The number of halogens is 2. The minimum atomic E-state index is -0.453. The summed E-state index contributed by atoms with van der Waals surface area (Å²) in [5, 5.41) is 3.31. The Morgan fingerprint density at radius 1 is 0.974 bits per heavy atom. The van der Waals surface area contributed by atoms with E-state index in [2.05, 4.69) is 20.1 Å². The van der Waals surface area contributed by atoms with Crippen LogP contribution in [0, 0.1) is 11.6 Å². The van der Waals surface area contributed by atoms with E-state index >= 15 is 0 Å². The fourth-order valence-electron chi connectivity index (χ4n) is 6.16. The van der Waals surface area contributed by atoms with Crippen LogP contribution in [0.15, 0.2) is 54.7 Å². The number of amides is 1. The van der Waals surface area contributed by atoms with Crippen molar-refractivity contribution in [2.24, 2.45) is 0 Å². The molecule has 0 spiro atoms. The van der Waals surface area contributed by atoms with Gasteiger partial charge in [0.05, 0.1) is 17.9 Å². The molecule has 3 aliphatic heterocycles. The maximum Gasteiger partial charge on any atom is 0.255 e. The molecule has 1 aromatic heterocycles. The predicted octanol–water partition coefficient (Wildman–Crippen LogP) is 5.68. The Bertz CT molecular complexity index is 1320. The fourth-order valence-corrected chi connectivity index (χ4v) is 6.16. The van der Waals surface area contributed by atoms with Crippen LogP contribution in [0.2, 0.25) is 0 Å². The summed E-state index contributed by atoms with van der Waals surface area (Å²) >= 11 is 0. The van der Waals surface area contributed by atoms with Crippen molar-refractivity contribution in [2.45, 2.75) is 44.8 Å². The van der Waals surface area contributed by atoms with Gasteiger partial charge in [0.1, 0.15) is 17.5 Å². The lowest BCUT2D eigenvalue weighted by Gasteiger charge is -2.36. The van der Waals surface area contributed by atoms with Gasteiger partial charge in [-0.25, -0.2) is 13.8 Å². The molecule has 3 aromatic rings. The van der Waals surface area contributed by atoms with Crippen molar-refractivity contribution in [1.82, 2.24) is 14.8 Å². The number of carbonyl (C=O) groups is 1. The van der Waals surface area contributed by atoms with Gasteiger partial charge in [-0.05, 0) is 74.6 Å². The molecule has 2 unspecified atom stereocenters. The molecule has 3 aliphatic rings. The van der Waals surface area contributed by atoms with Gasteiger partial charge in [0.25, 0.3) is 5.91 Å². The highest BCUT2D eigenvalue weighted by atomic mass is 19.1. The minimum absolute atomic E-state index is 0.0934. The van der Waals surface area contributed by atoms with Crippen molar-refractivity contribution in [2.75, 3.05) is 42.9 Å². The van der Waals surface area contributed by atoms with Crippen LogP contribution in [0.5, 0.6) is 0 Å². The van der Waals surface area contributed by atoms with E-state index in [1.165, 1.54) is 25.0 Å². The first-order valence-electron chi connectivity index (χ1n) is 13.6. The maximum absolute atomic E-state index is 14.6. The standard InChI is InChI=1S/C30H33F2N5O/c1-20(25-18-24(31)10-11-26(25)32)36-16-12-33-29-27(36)17-23(19-34-29)21-6-8-22(9-7-21)30(38)37-15-4-5-28(37)35-13-2-3-14-35/h6-11,17-20,28H,2-5,12-16H2,1H3,(H,33,34). The Morgan fingerprint density at radius 2 is 1.76 bits per heavy atom. The molecule has 0 saturated carbocycles. The van der Waals surface area contributed by atoms with Crippen LogP contribution >= 0.6 is 0 Å². The quantitative estimate of drug-likeness (QED) is 0.472. The third-order valence-corrected chi connectivity index (χ3v) is 8.21. The number of anilines is 2. The second-order valence-corrected chi connectivity index (χ2v) is 10.5. The molecule has 2 aromatic carbocycles. The largest absolute Gasteiger partial charge is 0.367 e. The molecule has 2 fully saturated rings. The Hall–Kier alpha value is -3.52. The first-order chi connectivity index (χ1) is 18.5. The average molecular weight is 518 g/mol. The van der Waals surface area contributed by atoms with Crippen LogP contribution < -0.4 is 10.2 Å². The van der Waals surface area contributed by atoms with Gasteiger partial charge in [0.2, 0.25) is 0 Å². The number of nitrogens with zero attached hydrogens (tertiary/aromatic N) is 4. The lowest BCUT2D eigenvalue weighted by molar-refractivity contribution is 0.0531. The summed E-state index contributed by atoms with van der Waals surface area (Å²) in [6, 6.07) is 13.0. The molecular weight excluding hydrogens is 484 g/mol. The number of nitrogens with one attached hydrogen (secondary N) is 1. The van der Waals surface area contributed by atoms with Crippen molar-refractivity contribution < 1.29 is 13.6 Å². The zero-order valence-corrected chi connectivity index (χ0v) is 21.7. The maximum atomic E-state index is 14.6. The normalized spacial score (nSPS) is 20.3. The number of carbonyl (C=O) groups excluding carboxylic acids is 1. The first kappa shape index (κ1) is 24.8. The SMILES string of the molecule is CC(c1cc(F)ccc1F)N1CCNc2ncc(-c3ccc(C(=O)N4CCCC4N4CCCC4)cc3)cc21. The summed E-state index contributed by atoms with van der Waals surface area (Å²) in [6.07, 6.45) is 6.55. The second-order valence-electron chi connectivity index (χ2n) is 10.5. The number of likely N-dealkylation sites (tertiary alicyclic amines) is 2. The molecule has 6 nitrogen and oxygen atoms in total. The van der Waals surface area contributed by atoms with Gasteiger partial charge in [-0.3, -0.25) is 9.69 Å². The molecule has 198 valence electrons. The van der Waals surface area contributed by atoms with Crippen molar-refractivity contribution in [3.05, 3.63) is 77.5 Å². The molecule has 6 rings (SSSR count). The summed E-state index contributed by atoms with van der Waals surface area (Å²) in [7, 11) is 0. The smallest absolute Gasteiger partial charge is 0.255 e. The molecule has 2 atom stereocenters. The molecule has 8 heteroatoms. The van der Waals surface area contributed by atoms with Crippen LogP contribution in [-0.2, 0) is 0 Å². The Kier molecular flexibility index (Phi) is 6.74. The van der Waals surface area contributed by atoms with E-state index in [0.29, 0.717) is 24.2 Å². The summed E-state index contributed by atoms with van der Waals surface area (Å²) in [5.74, 6) is -0.0626. The van der Waals surface area contributed by atoms with Crippen LogP contribution in [0.25, 0.3) is 11.1 Å². The highest BCUT2D eigenvalue weighted by molar-refractivity contribution is 5.95. The minimum Gasteiger partial charge on any atom is -0.367 e. The van der Waals surface area contributed by atoms with Gasteiger partial charge < -0.3 is 15.1 Å². The molecule has 0 bridgehead atoms. The fraction of sp³-hybridized carbons (Fsp3) is 0.400. The number of pyridine rings is 1. The van der Waals surface area contributed by atoms with Gasteiger partial charge >= 0.3 is 0 Å². The van der Waals surface area contributed by atoms with E-state index in [9.17, 15) is 13.6 Å². The third kappa shape index (κ3) is 4.62. The third-order valence-electron chi connectivity index (χ3n) is 8.21. The van der Waals surface area contributed by atoms with E-state index in [-0.39, 0.29) is 18.1 Å². The zero-order valence-electron chi connectivity index (χ0n) is 21.7. The summed E-state index contributed by atoms with van der Waals surface area (Å²) in [6.45, 7) is 6.14. The van der Waals surface area contributed by atoms with Crippen LogP contribution in [0.4, 0.5) is 20.3 Å². The van der Waals surface area contributed by atoms with Crippen molar-refractivity contribution in [3.8, 4) is 11.1 Å². The van der Waals surface area contributed by atoms with Gasteiger partial charge in [0, 0.05) is 55.6 Å². The van der Waals surface area contributed by atoms with E-state index in [1.54, 1.807) is 0 Å². The van der Waals surface area contributed by atoms with Crippen LogP contribution in [0.3, 0.4) is 0 Å². The molecule has 0 aliphatic carbocycles. The Balaban J connectivity index is 1.24. The van der Waals surface area contributed by atoms with E-state index < -0.39 is 11.6 Å². The highest BCUT2D eigenvalue weighted by Crippen LogP contribution is 2.37. The molecule has 1 N–H and O–H groups in total. The number of fused-ring (bicyclic) bond motifs is 1. The van der Waals surface area contributed by atoms with E-state index in [4.69, 9.17) is 0 Å². The lowest BCUT2D eigenvalue weighted by Crippen LogP contribution is -2.46. The van der Waals surface area contributed by atoms with Gasteiger partial charge in [-0.2, -0.15) is 0 Å². The number of hydrogen-bond donors (Lipinski definition) is 1. The van der Waals surface area contributed by atoms with E-state index in [1.807, 2.05) is 48.4 Å². The monoisotopic (exact) mass is 517 g/mol. The number of hydrogen-bond acceptors (Lipinski definition) is 5. The summed E-state index contributed by atoms with van der Waals surface area (Å²) in [5.41, 5.74) is 3.71. The van der Waals surface area contributed by atoms with Crippen molar-refractivity contribution in [1.29, 1.82) is 0 Å². The number of rotatable bonds is 5. The Labute approximate surface area is 222 Å². The van der Waals surface area contributed by atoms with Gasteiger partial charge in [0.15, 0.2) is 0 Å². The van der Waals surface area contributed by atoms with E-state index in [0.717, 1.165) is 61.2 Å². The summed E-state index contributed by atoms with van der Waals surface area (Å²) in [4.78, 5) is 24.6. The molecular formula is C30H33F2N5O. The van der Waals surface area contributed by atoms with Crippen molar-refractivity contribution in [3.63, 3.8) is 0 Å². The average Bonchev–Trinajstić information content (AvgIpc) is 3.65. The highest BCUT2D eigenvalue weighted by Gasteiger charge is 2.34. The van der Waals surface area contributed by atoms with Crippen molar-refractivity contribution >= 4 is 17.4 Å². The molecule has 38 heavy (non-hydrogen) atoms.